The number of furan rings is 1. The quantitative estimate of drug-likeness (QED) is 0.858. The van der Waals surface area contributed by atoms with E-state index in [-0.39, 0.29) is 10.6 Å². The highest BCUT2D eigenvalue weighted by Crippen LogP contribution is 2.33. The van der Waals surface area contributed by atoms with Crippen LogP contribution in [0.15, 0.2) is 22.8 Å². The summed E-state index contributed by atoms with van der Waals surface area (Å²) in [5.74, 6) is 0.357. The molecule has 0 amide bonds. The Hall–Kier alpha value is -0.130. The first kappa shape index (κ1) is 12.9. The molecule has 0 aromatic carbocycles. The zero-order chi connectivity index (χ0) is 11.6. The molecule has 0 aliphatic carbocycles. The molecule has 0 saturated heterocycles. The van der Waals surface area contributed by atoms with E-state index in [2.05, 4.69) is 31.9 Å². The van der Waals surface area contributed by atoms with E-state index in [0.29, 0.717) is 5.76 Å². The van der Waals surface area contributed by atoms with Crippen LogP contribution in [0.4, 0.5) is 0 Å². The summed E-state index contributed by atoms with van der Waals surface area (Å²) in [4.78, 5) is 10.9. The summed E-state index contributed by atoms with van der Waals surface area (Å²) in [6.07, 6.45) is 1.54. The van der Waals surface area contributed by atoms with E-state index >= 15 is 0 Å². The smallest absolute Gasteiger partial charge is 0.178 e. The Bertz CT molecular complexity index is 327. The molecule has 1 aromatic rings. The Kier molecular flexibility index (Phi) is 4.14. The SMILES string of the molecule is CC(C)(O)C(=O)C(Br)C(Br)c1ccco1. The van der Waals surface area contributed by atoms with Crippen LogP contribution in [0.1, 0.15) is 24.4 Å². The second kappa shape index (κ2) is 4.80. The van der Waals surface area contributed by atoms with Gasteiger partial charge in [0, 0.05) is 0 Å². The molecule has 2 unspecified atom stereocenters. The molecule has 2 atom stereocenters. The van der Waals surface area contributed by atoms with E-state index in [4.69, 9.17) is 4.42 Å². The molecule has 5 heteroatoms. The van der Waals surface area contributed by atoms with Crippen molar-refractivity contribution in [1.82, 2.24) is 0 Å². The molecular weight excluding hydrogens is 328 g/mol. The van der Waals surface area contributed by atoms with Crippen molar-refractivity contribution in [2.75, 3.05) is 0 Å². The standard InChI is InChI=1S/C10H12Br2O3/c1-10(2,14)9(13)8(12)7(11)6-4-3-5-15-6/h3-5,7-8,14H,1-2H3. The van der Waals surface area contributed by atoms with Crippen molar-refractivity contribution in [3.05, 3.63) is 24.2 Å². The Morgan fingerprint density at radius 1 is 1.53 bits per heavy atom. The lowest BCUT2D eigenvalue weighted by molar-refractivity contribution is -0.133. The maximum Gasteiger partial charge on any atom is 0.178 e. The summed E-state index contributed by atoms with van der Waals surface area (Å²) in [6, 6.07) is 3.52. The van der Waals surface area contributed by atoms with Gasteiger partial charge in [-0.2, -0.15) is 0 Å². The number of rotatable bonds is 4. The minimum absolute atomic E-state index is 0.286. The molecule has 0 aliphatic heterocycles. The highest BCUT2D eigenvalue weighted by atomic mass is 79.9. The summed E-state index contributed by atoms with van der Waals surface area (Å²) in [6.45, 7) is 2.93. The first-order chi connectivity index (χ1) is 6.84. The maximum atomic E-state index is 11.7. The Morgan fingerprint density at radius 2 is 2.13 bits per heavy atom. The number of Topliss-reactive ketones (excluding diaryl/α,β-unsaturated/α-hetero) is 1. The van der Waals surface area contributed by atoms with Gasteiger partial charge < -0.3 is 9.52 Å². The van der Waals surface area contributed by atoms with E-state index in [0.717, 1.165) is 0 Å². The molecule has 0 radical (unpaired) electrons. The third-order valence-corrected chi connectivity index (χ3v) is 4.56. The molecule has 0 bridgehead atoms. The van der Waals surface area contributed by atoms with Crippen LogP contribution in [0.25, 0.3) is 0 Å². The zero-order valence-corrected chi connectivity index (χ0v) is 11.6. The number of hydrogen-bond donors (Lipinski definition) is 1. The monoisotopic (exact) mass is 338 g/mol. The van der Waals surface area contributed by atoms with Gasteiger partial charge in [-0.1, -0.05) is 31.9 Å². The van der Waals surface area contributed by atoms with Crippen LogP contribution in [0.5, 0.6) is 0 Å². The average molecular weight is 340 g/mol. The fraction of sp³-hybridized carbons (Fsp3) is 0.500. The van der Waals surface area contributed by atoms with E-state index in [9.17, 15) is 9.90 Å². The Balaban J connectivity index is 2.78. The molecule has 1 heterocycles. The van der Waals surface area contributed by atoms with Crippen molar-refractivity contribution in [1.29, 1.82) is 0 Å². The molecule has 15 heavy (non-hydrogen) atoms. The van der Waals surface area contributed by atoms with Gasteiger partial charge in [-0.25, -0.2) is 0 Å². The first-order valence-electron chi connectivity index (χ1n) is 4.42. The van der Waals surface area contributed by atoms with Crippen molar-refractivity contribution in [3.63, 3.8) is 0 Å². The highest BCUT2D eigenvalue weighted by molar-refractivity contribution is 9.12. The van der Waals surface area contributed by atoms with E-state index < -0.39 is 10.4 Å². The topological polar surface area (TPSA) is 50.4 Å². The molecule has 0 saturated carbocycles. The lowest BCUT2D eigenvalue weighted by atomic mass is 9.99. The number of aliphatic hydroxyl groups is 1. The summed E-state index contributed by atoms with van der Waals surface area (Å²) in [5.41, 5.74) is -1.35. The van der Waals surface area contributed by atoms with Gasteiger partial charge in [-0.3, -0.25) is 4.79 Å². The zero-order valence-electron chi connectivity index (χ0n) is 8.41. The minimum atomic E-state index is -1.35. The van der Waals surface area contributed by atoms with Gasteiger partial charge in [0.25, 0.3) is 0 Å². The van der Waals surface area contributed by atoms with Crippen molar-refractivity contribution >= 4 is 37.6 Å². The molecular formula is C10H12Br2O3. The fourth-order valence-electron chi connectivity index (χ4n) is 1.06. The molecule has 0 spiro atoms. The van der Waals surface area contributed by atoms with Crippen LogP contribution in [-0.2, 0) is 4.79 Å². The number of hydrogen-bond acceptors (Lipinski definition) is 3. The predicted molar refractivity (Wildman–Crippen MR) is 64.4 cm³/mol. The minimum Gasteiger partial charge on any atom is -0.468 e. The molecule has 0 aliphatic rings. The van der Waals surface area contributed by atoms with E-state index in [1.54, 1.807) is 12.1 Å². The number of carbonyl (C=O) groups is 1. The second-order valence-electron chi connectivity index (χ2n) is 3.74. The van der Waals surface area contributed by atoms with Crippen LogP contribution < -0.4 is 0 Å². The predicted octanol–water partition coefficient (Wildman–Crippen LogP) is 2.82. The van der Waals surface area contributed by atoms with Gasteiger partial charge in [-0.15, -0.1) is 0 Å². The third-order valence-electron chi connectivity index (χ3n) is 1.93. The summed E-state index contributed by atoms with van der Waals surface area (Å²) >= 11 is 6.60. The largest absolute Gasteiger partial charge is 0.468 e. The number of alkyl halides is 2. The molecule has 0 fully saturated rings. The number of ketones is 1. The van der Waals surface area contributed by atoms with E-state index in [1.165, 1.54) is 20.1 Å². The highest BCUT2D eigenvalue weighted by Gasteiger charge is 2.35. The van der Waals surface area contributed by atoms with Crippen LogP contribution >= 0.6 is 31.9 Å². The van der Waals surface area contributed by atoms with Gasteiger partial charge in [0.1, 0.15) is 11.4 Å². The summed E-state index contributed by atoms with van der Waals surface area (Å²) in [7, 11) is 0. The van der Waals surface area contributed by atoms with Gasteiger partial charge in [0.2, 0.25) is 0 Å². The molecule has 3 nitrogen and oxygen atoms in total. The van der Waals surface area contributed by atoms with Crippen molar-refractivity contribution in [2.24, 2.45) is 0 Å². The van der Waals surface area contributed by atoms with Crippen molar-refractivity contribution in [2.45, 2.75) is 29.1 Å². The van der Waals surface area contributed by atoms with Gasteiger partial charge in [0.15, 0.2) is 5.78 Å². The molecule has 1 aromatic heterocycles. The Labute approximate surface area is 105 Å². The average Bonchev–Trinajstić information content (AvgIpc) is 2.65. The van der Waals surface area contributed by atoms with Gasteiger partial charge >= 0.3 is 0 Å². The first-order valence-corrected chi connectivity index (χ1v) is 6.25. The van der Waals surface area contributed by atoms with E-state index in [1.807, 2.05) is 0 Å². The number of halogens is 2. The lowest BCUT2D eigenvalue weighted by Gasteiger charge is -2.21. The molecule has 1 rings (SSSR count). The molecule has 84 valence electrons. The van der Waals surface area contributed by atoms with Crippen LogP contribution in [-0.4, -0.2) is 21.3 Å². The van der Waals surface area contributed by atoms with Crippen molar-refractivity contribution < 1.29 is 14.3 Å². The van der Waals surface area contributed by atoms with Gasteiger partial charge in [0.05, 0.1) is 15.9 Å². The molecule has 1 N–H and O–H groups in total. The maximum absolute atomic E-state index is 11.7. The Morgan fingerprint density at radius 3 is 2.53 bits per heavy atom. The van der Waals surface area contributed by atoms with Crippen LogP contribution in [0.3, 0.4) is 0 Å². The lowest BCUT2D eigenvalue weighted by Crippen LogP contribution is -2.38. The third kappa shape index (κ3) is 3.16. The normalized spacial score (nSPS) is 16.1. The van der Waals surface area contributed by atoms with Gasteiger partial charge in [-0.05, 0) is 26.0 Å². The van der Waals surface area contributed by atoms with Crippen molar-refractivity contribution in [3.8, 4) is 0 Å². The fourth-order valence-corrected chi connectivity index (χ4v) is 2.38. The van der Waals surface area contributed by atoms with Crippen LogP contribution in [0.2, 0.25) is 0 Å². The second-order valence-corrected chi connectivity index (χ2v) is 5.72. The number of carbonyl (C=O) groups excluding carboxylic acids is 1. The van der Waals surface area contributed by atoms with Crippen LogP contribution in [0, 0.1) is 0 Å². The summed E-state index contributed by atoms with van der Waals surface area (Å²) in [5, 5.41) is 9.57. The summed E-state index contributed by atoms with van der Waals surface area (Å²) < 4.78 is 5.17.